The molecule has 0 spiro atoms. The smallest absolute Gasteiger partial charge is 0.161 e. The third-order valence-corrected chi connectivity index (χ3v) is 4.14. The number of methoxy groups -OCH3 is 1. The van der Waals surface area contributed by atoms with Crippen LogP contribution in [0.5, 0.6) is 11.5 Å². The first-order valence-electron chi connectivity index (χ1n) is 8.98. The summed E-state index contributed by atoms with van der Waals surface area (Å²) in [7, 11) is 3.62. The molecule has 1 aliphatic heterocycles. The molecule has 2 atom stereocenters. The van der Waals surface area contributed by atoms with Gasteiger partial charge in [0, 0.05) is 19.7 Å². The molecule has 1 heterocycles. The fourth-order valence-electron chi connectivity index (χ4n) is 2.99. The Hall–Kier alpha value is -1.34. The number of ether oxygens (including phenoxy) is 4. The van der Waals surface area contributed by atoms with E-state index in [1.807, 2.05) is 32.2 Å². The molecule has 1 aromatic carbocycles. The Kier molecular flexibility index (Phi) is 8.48. The molecule has 6 nitrogen and oxygen atoms in total. The van der Waals surface area contributed by atoms with Crippen LogP contribution in [0.25, 0.3) is 0 Å². The minimum absolute atomic E-state index is 0.196. The second-order valence-electron chi connectivity index (χ2n) is 6.44. The van der Waals surface area contributed by atoms with E-state index in [9.17, 15) is 5.11 Å². The van der Waals surface area contributed by atoms with Crippen molar-refractivity contribution in [3.63, 3.8) is 0 Å². The number of hydrogen-bond acceptors (Lipinski definition) is 6. The van der Waals surface area contributed by atoms with Crippen LogP contribution < -0.4 is 9.47 Å². The Bertz CT molecular complexity index is 505. The largest absolute Gasteiger partial charge is 0.493 e. The maximum absolute atomic E-state index is 10.1. The van der Waals surface area contributed by atoms with Gasteiger partial charge in [-0.1, -0.05) is 6.07 Å². The zero-order valence-electron chi connectivity index (χ0n) is 15.6. The normalized spacial score (nSPS) is 18.5. The second kappa shape index (κ2) is 10.6. The van der Waals surface area contributed by atoms with Gasteiger partial charge in [-0.2, -0.15) is 0 Å². The van der Waals surface area contributed by atoms with Gasteiger partial charge in [-0.05, 0) is 44.5 Å². The number of aliphatic hydroxyl groups is 1. The van der Waals surface area contributed by atoms with Crippen molar-refractivity contribution in [2.75, 3.05) is 47.1 Å². The van der Waals surface area contributed by atoms with Gasteiger partial charge in [0.05, 0.1) is 39.1 Å². The Morgan fingerprint density at radius 2 is 2.20 bits per heavy atom. The highest BCUT2D eigenvalue weighted by Crippen LogP contribution is 2.28. The molecule has 1 fully saturated rings. The van der Waals surface area contributed by atoms with Gasteiger partial charge in [-0.15, -0.1) is 0 Å². The molecule has 25 heavy (non-hydrogen) atoms. The van der Waals surface area contributed by atoms with Crippen LogP contribution in [0.2, 0.25) is 0 Å². The minimum Gasteiger partial charge on any atom is -0.493 e. The van der Waals surface area contributed by atoms with Gasteiger partial charge in [0.25, 0.3) is 0 Å². The molecule has 1 N–H and O–H groups in total. The molecule has 0 radical (unpaired) electrons. The Morgan fingerprint density at radius 3 is 2.88 bits per heavy atom. The third-order valence-electron chi connectivity index (χ3n) is 4.14. The first-order valence-corrected chi connectivity index (χ1v) is 8.98. The molecule has 1 aromatic rings. The van der Waals surface area contributed by atoms with Gasteiger partial charge in [0.15, 0.2) is 11.5 Å². The summed E-state index contributed by atoms with van der Waals surface area (Å²) in [4.78, 5) is 2.06. The number of rotatable bonds is 11. The number of aliphatic hydroxyl groups excluding tert-OH is 1. The van der Waals surface area contributed by atoms with E-state index in [4.69, 9.17) is 18.9 Å². The van der Waals surface area contributed by atoms with Crippen molar-refractivity contribution in [2.45, 2.75) is 38.5 Å². The van der Waals surface area contributed by atoms with Gasteiger partial charge in [-0.3, -0.25) is 4.90 Å². The highest BCUT2D eigenvalue weighted by Gasteiger charge is 2.17. The fraction of sp³-hybridized carbons (Fsp3) is 0.684. The first kappa shape index (κ1) is 20.0. The monoisotopic (exact) mass is 353 g/mol. The Balaban J connectivity index is 1.73. The van der Waals surface area contributed by atoms with E-state index in [-0.39, 0.29) is 6.10 Å². The summed E-state index contributed by atoms with van der Waals surface area (Å²) < 4.78 is 22.0. The standard InChI is InChI=1S/C19H31NO5/c1-4-24-18-8-7-15(10-19(18)22-3)11-20(2)12-16(21)13-23-14-17-6-5-9-25-17/h7-8,10,16-17,21H,4-6,9,11-14H2,1-3H3. The molecule has 0 saturated carbocycles. The summed E-state index contributed by atoms with van der Waals surface area (Å²) in [5.74, 6) is 1.48. The third kappa shape index (κ3) is 6.82. The maximum atomic E-state index is 10.1. The molecule has 2 unspecified atom stereocenters. The van der Waals surface area contributed by atoms with Crippen LogP contribution >= 0.6 is 0 Å². The highest BCUT2D eigenvalue weighted by atomic mass is 16.5. The average Bonchev–Trinajstić information content (AvgIpc) is 3.09. The number of hydrogen-bond donors (Lipinski definition) is 1. The topological polar surface area (TPSA) is 60.4 Å². The number of nitrogens with zero attached hydrogens (tertiary/aromatic N) is 1. The van der Waals surface area contributed by atoms with Crippen molar-refractivity contribution in [1.82, 2.24) is 4.90 Å². The lowest BCUT2D eigenvalue weighted by molar-refractivity contribution is -0.0238. The van der Waals surface area contributed by atoms with E-state index in [1.54, 1.807) is 7.11 Å². The van der Waals surface area contributed by atoms with Gasteiger partial charge >= 0.3 is 0 Å². The van der Waals surface area contributed by atoms with Gasteiger partial charge in [-0.25, -0.2) is 0 Å². The van der Waals surface area contributed by atoms with Gasteiger partial charge in [0.2, 0.25) is 0 Å². The molecule has 0 aliphatic carbocycles. The van der Waals surface area contributed by atoms with Gasteiger partial charge < -0.3 is 24.1 Å². The summed E-state index contributed by atoms with van der Waals surface area (Å²) in [5.41, 5.74) is 1.11. The molecule has 6 heteroatoms. The summed E-state index contributed by atoms with van der Waals surface area (Å²) in [6.07, 6.45) is 1.83. The SMILES string of the molecule is CCOc1ccc(CN(C)CC(O)COCC2CCCO2)cc1OC. The predicted molar refractivity (Wildman–Crippen MR) is 96.3 cm³/mol. The van der Waals surface area contributed by atoms with Crippen molar-refractivity contribution in [3.05, 3.63) is 23.8 Å². The van der Waals surface area contributed by atoms with Gasteiger partial charge in [0.1, 0.15) is 0 Å². The molecule has 0 bridgehead atoms. The lowest BCUT2D eigenvalue weighted by Gasteiger charge is -2.21. The molecular weight excluding hydrogens is 322 g/mol. The van der Waals surface area contributed by atoms with Crippen molar-refractivity contribution >= 4 is 0 Å². The minimum atomic E-state index is -0.518. The van der Waals surface area contributed by atoms with E-state index in [0.29, 0.717) is 32.9 Å². The van der Waals surface area contributed by atoms with E-state index in [2.05, 4.69) is 4.90 Å². The summed E-state index contributed by atoms with van der Waals surface area (Å²) >= 11 is 0. The predicted octanol–water partition coefficient (Wildman–Crippen LogP) is 2.08. The van der Waals surface area contributed by atoms with Crippen molar-refractivity contribution in [2.24, 2.45) is 0 Å². The highest BCUT2D eigenvalue weighted by molar-refractivity contribution is 5.42. The Labute approximate surface area is 150 Å². The molecule has 1 saturated heterocycles. The number of benzene rings is 1. The Morgan fingerprint density at radius 1 is 1.36 bits per heavy atom. The summed E-state index contributed by atoms with van der Waals surface area (Å²) in [5, 5.41) is 10.1. The second-order valence-corrected chi connectivity index (χ2v) is 6.44. The van der Waals surface area contributed by atoms with Crippen LogP contribution in [-0.2, 0) is 16.0 Å². The first-order chi connectivity index (χ1) is 12.1. The molecule has 0 amide bonds. The van der Waals surface area contributed by atoms with Crippen LogP contribution in [0.4, 0.5) is 0 Å². The molecule has 1 aliphatic rings. The van der Waals surface area contributed by atoms with E-state index in [0.717, 1.165) is 36.5 Å². The summed E-state index contributed by atoms with van der Waals surface area (Å²) in [6.45, 7) is 5.53. The molecule has 2 rings (SSSR count). The maximum Gasteiger partial charge on any atom is 0.161 e. The quantitative estimate of drug-likeness (QED) is 0.657. The van der Waals surface area contributed by atoms with E-state index in [1.165, 1.54) is 0 Å². The lowest BCUT2D eigenvalue weighted by atomic mass is 10.2. The van der Waals surface area contributed by atoms with Crippen LogP contribution in [0.3, 0.4) is 0 Å². The summed E-state index contributed by atoms with van der Waals surface area (Å²) in [6, 6.07) is 5.92. The molecule has 0 aromatic heterocycles. The van der Waals surface area contributed by atoms with Crippen molar-refractivity contribution in [3.8, 4) is 11.5 Å². The van der Waals surface area contributed by atoms with Crippen molar-refractivity contribution < 1.29 is 24.1 Å². The van der Waals surface area contributed by atoms with E-state index >= 15 is 0 Å². The zero-order valence-corrected chi connectivity index (χ0v) is 15.6. The van der Waals surface area contributed by atoms with Crippen LogP contribution in [0.1, 0.15) is 25.3 Å². The fourth-order valence-corrected chi connectivity index (χ4v) is 2.99. The van der Waals surface area contributed by atoms with Crippen LogP contribution in [0, 0.1) is 0 Å². The lowest BCUT2D eigenvalue weighted by Crippen LogP contribution is -2.32. The molecular formula is C19H31NO5. The van der Waals surface area contributed by atoms with E-state index < -0.39 is 6.10 Å². The average molecular weight is 353 g/mol. The molecule has 142 valence electrons. The number of likely N-dealkylation sites (N-methyl/N-ethyl adjacent to an activating group) is 1. The van der Waals surface area contributed by atoms with Crippen LogP contribution in [-0.4, -0.2) is 69.3 Å². The zero-order chi connectivity index (χ0) is 18.1. The van der Waals surface area contributed by atoms with Crippen molar-refractivity contribution in [1.29, 1.82) is 0 Å². The van der Waals surface area contributed by atoms with Crippen LogP contribution in [0.15, 0.2) is 18.2 Å².